The number of methoxy groups -OCH3 is 1. The molecule has 1 aliphatic rings. The highest BCUT2D eigenvalue weighted by Gasteiger charge is 2.20. The van der Waals surface area contributed by atoms with E-state index in [9.17, 15) is 9.90 Å². The van der Waals surface area contributed by atoms with Gasteiger partial charge in [0.2, 0.25) is 0 Å². The third-order valence-electron chi connectivity index (χ3n) is 3.78. The lowest BCUT2D eigenvalue weighted by Crippen LogP contribution is -2.32. The minimum atomic E-state index is -0.153. The predicted octanol–water partition coefficient (Wildman–Crippen LogP) is 2.74. The van der Waals surface area contributed by atoms with E-state index >= 15 is 0 Å². The van der Waals surface area contributed by atoms with Crippen molar-refractivity contribution in [1.29, 1.82) is 0 Å². The second-order valence-electron chi connectivity index (χ2n) is 5.23. The molecule has 1 aromatic rings. The molecule has 1 amide bonds. The zero-order valence-electron chi connectivity index (χ0n) is 11.6. The maximum Gasteiger partial charge on any atom is 0.251 e. The number of nitrogens with one attached hydrogen (secondary N) is 1. The smallest absolute Gasteiger partial charge is 0.251 e. The first-order valence-electron chi connectivity index (χ1n) is 6.90. The fourth-order valence-electron chi connectivity index (χ4n) is 2.50. The average molecular weight is 342 g/mol. The third kappa shape index (κ3) is 3.96. The summed E-state index contributed by atoms with van der Waals surface area (Å²) >= 11 is 3.38. The minimum absolute atomic E-state index is 0.0699. The lowest BCUT2D eigenvalue weighted by Gasteiger charge is -2.25. The number of aliphatic hydroxyl groups is 1. The molecule has 4 nitrogen and oxygen atoms in total. The Hall–Kier alpha value is -1.07. The highest BCUT2D eigenvalue weighted by molar-refractivity contribution is 9.10. The molecule has 2 N–H and O–H groups in total. The molecule has 2 rings (SSSR count). The zero-order chi connectivity index (χ0) is 14.5. The molecule has 1 saturated carbocycles. The van der Waals surface area contributed by atoms with Crippen LogP contribution < -0.4 is 10.1 Å². The van der Waals surface area contributed by atoms with Crippen molar-refractivity contribution in [2.24, 2.45) is 5.92 Å². The van der Waals surface area contributed by atoms with Crippen LogP contribution in [0.5, 0.6) is 5.75 Å². The highest BCUT2D eigenvalue weighted by Crippen LogP contribution is 2.26. The Labute approximate surface area is 127 Å². The lowest BCUT2D eigenvalue weighted by atomic mass is 9.87. The second-order valence-corrected chi connectivity index (χ2v) is 6.09. The third-order valence-corrected chi connectivity index (χ3v) is 4.40. The van der Waals surface area contributed by atoms with E-state index in [1.807, 2.05) is 0 Å². The van der Waals surface area contributed by atoms with Crippen LogP contribution in [0.4, 0.5) is 0 Å². The van der Waals surface area contributed by atoms with E-state index in [2.05, 4.69) is 21.2 Å². The first kappa shape index (κ1) is 15.3. The van der Waals surface area contributed by atoms with Crippen LogP contribution in [0, 0.1) is 5.92 Å². The van der Waals surface area contributed by atoms with Gasteiger partial charge in [0.15, 0.2) is 0 Å². The fraction of sp³-hybridized carbons (Fsp3) is 0.533. The summed E-state index contributed by atoms with van der Waals surface area (Å²) in [4.78, 5) is 12.1. The molecule has 0 spiro atoms. The summed E-state index contributed by atoms with van der Waals surface area (Å²) in [7, 11) is 1.59. The maximum atomic E-state index is 12.1. The summed E-state index contributed by atoms with van der Waals surface area (Å²) < 4.78 is 5.91. The SMILES string of the molecule is COc1ccc(C(=O)NCC2CCC(O)CC2)cc1Br. The molecule has 0 atom stereocenters. The van der Waals surface area contributed by atoms with Gasteiger partial charge in [-0.3, -0.25) is 4.79 Å². The van der Waals surface area contributed by atoms with Crippen LogP contribution in [0.25, 0.3) is 0 Å². The number of amides is 1. The Bertz CT molecular complexity index is 470. The number of carbonyl (C=O) groups is 1. The molecule has 0 heterocycles. The molecule has 0 unspecified atom stereocenters. The summed E-state index contributed by atoms with van der Waals surface area (Å²) in [5.41, 5.74) is 0.619. The molecular formula is C15H20BrNO3. The van der Waals surface area contributed by atoms with Crippen molar-refractivity contribution in [1.82, 2.24) is 5.32 Å². The van der Waals surface area contributed by atoms with Crippen molar-refractivity contribution < 1.29 is 14.6 Å². The molecule has 1 fully saturated rings. The molecule has 1 aromatic carbocycles. The van der Waals surface area contributed by atoms with Gasteiger partial charge in [-0.05, 0) is 65.7 Å². The van der Waals surface area contributed by atoms with Gasteiger partial charge in [-0.1, -0.05) is 0 Å². The molecule has 5 heteroatoms. The molecule has 110 valence electrons. The standard InChI is InChI=1S/C15H20BrNO3/c1-20-14-7-4-11(8-13(14)16)15(19)17-9-10-2-5-12(18)6-3-10/h4,7-8,10,12,18H,2-3,5-6,9H2,1H3,(H,17,19). The maximum absolute atomic E-state index is 12.1. The van der Waals surface area contributed by atoms with Crippen molar-refractivity contribution in [3.05, 3.63) is 28.2 Å². The summed E-state index contributed by atoms with van der Waals surface area (Å²) in [6.07, 6.45) is 3.49. The average Bonchev–Trinajstić information content (AvgIpc) is 2.46. The zero-order valence-corrected chi connectivity index (χ0v) is 13.1. The van der Waals surface area contributed by atoms with Crippen molar-refractivity contribution in [3.8, 4) is 5.75 Å². The summed E-state index contributed by atoms with van der Waals surface area (Å²) in [5, 5.41) is 12.4. The number of halogens is 1. The summed E-state index contributed by atoms with van der Waals surface area (Å²) in [5.74, 6) is 1.12. The number of hydrogen-bond donors (Lipinski definition) is 2. The van der Waals surface area contributed by atoms with E-state index in [-0.39, 0.29) is 12.0 Å². The molecule has 20 heavy (non-hydrogen) atoms. The Balaban J connectivity index is 1.87. The number of hydrogen-bond acceptors (Lipinski definition) is 3. The molecule has 0 saturated heterocycles. The van der Waals surface area contributed by atoms with Crippen LogP contribution in [0.2, 0.25) is 0 Å². The van der Waals surface area contributed by atoms with Gasteiger partial charge in [0.1, 0.15) is 5.75 Å². The van der Waals surface area contributed by atoms with E-state index < -0.39 is 0 Å². The highest BCUT2D eigenvalue weighted by atomic mass is 79.9. The van der Waals surface area contributed by atoms with Crippen molar-refractivity contribution in [3.63, 3.8) is 0 Å². The number of carbonyl (C=O) groups excluding carboxylic acids is 1. The van der Waals surface area contributed by atoms with Crippen LogP contribution >= 0.6 is 15.9 Å². The van der Waals surface area contributed by atoms with E-state index in [0.29, 0.717) is 23.8 Å². The van der Waals surface area contributed by atoms with Crippen LogP contribution in [0.3, 0.4) is 0 Å². The van der Waals surface area contributed by atoms with Crippen LogP contribution in [-0.2, 0) is 0 Å². The predicted molar refractivity (Wildman–Crippen MR) is 81.0 cm³/mol. The quantitative estimate of drug-likeness (QED) is 0.885. The first-order chi connectivity index (χ1) is 9.60. The Morgan fingerprint density at radius 1 is 1.40 bits per heavy atom. The molecule has 1 aliphatic carbocycles. The van der Waals surface area contributed by atoms with Gasteiger partial charge >= 0.3 is 0 Å². The number of rotatable bonds is 4. The normalized spacial score (nSPS) is 22.4. The van der Waals surface area contributed by atoms with E-state index in [1.54, 1.807) is 25.3 Å². The Morgan fingerprint density at radius 2 is 2.10 bits per heavy atom. The summed E-state index contributed by atoms with van der Waals surface area (Å²) in [6, 6.07) is 5.29. The van der Waals surface area contributed by atoms with Gasteiger partial charge in [0.25, 0.3) is 5.91 Å². The molecule has 0 bridgehead atoms. The van der Waals surface area contributed by atoms with Crippen molar-refractivity contribution in [2.75, 3.05) is 13.7 Å². The molecule has 0 aromatic heterocycles. The van der Waals surface area contributed by atoms with Gasteiger partial charge in [-0.25, -0.2) is 0 Å². The van der Waals surface area contributed by atoms with Gasteiger partial charge in [-0.2, -0.15) is 0 Å². The van der Waals surface area contributed by atoms with Gasteiger partial charge in [0.05, 0.1) is 17.7 Å². The first-order valence-corrected chi connectivity index (χ1v) is 7.69. The monoisotopic (exact) mass is 341 g/mol. The Kier molecular flexibility index (Phi) is 5.43. The topological polar surface area (TPSA) is 58.6 Å². The molecule has 0 radical (unpaired) electrons. The van der Waals surface area contributed by atoms with Gasteiger partial charge in [0, 0.05) is 12.1 Å². The molecule has 0 aliphatic heterocycles. The van der Waals surface area contributed by atoms with E-state index in [0.717, 1.165) is 30.2 Å². The van der Waals surface area contributed by atoms with Crippen LogP contribution in [0.1, 0.15) is 36.0 Å². The number of aliphatic hydroxyl groups excluding tert-OH is 1. The van der Waals surface area contributed by atoms with Crippen LogP contribution in [0.15, 0.2) is 22.7 Å². The van der Waals surface area contributed by atoms with Crippen LogP contribution in [-0.4, -0.2) is 30.8 Å². The number of benzene rings is 1. The van der Waals surface area contributed by atoms with E-state index in [4.69, 9.17) is 4.74 Å². The van der Waals surface area contributed by atoms with Crippen molar-refractivity contribution >= 4 is 21.8 Å². The van der Waals surface area contributed by atoms with Gasteiger partial charge in [-0.15, -0.1) is 0 Å². The number of ether oxygens (including phenoxy) is 1. The largest absolute Gasteiger partial charge is 0.496 e. The fourth-order valence-corrected chi connectivity index (χ4v) is 3.04. The van der Waals surface area contributed by atoms with Crippen molar-refractivity contribution in [2.45, 2.75) is 31.8 Å². The molecular weight excluding hydrogens is 322 g/mol. The summed E-state index contributed by atoms with van der Waals surface area (Å²) in [6.45, 7) is 0.676. The van der Waals surface area contributed by atoms with E-state index in [1.165, 1.54) is 0 Å². The van der Waals surface area contributed by atoms with Gasteiger partial charge < -0.3 is 15.2 Å². The lowest BCUT2D eigenvalue weighted by molar-refractivity contribution is 0.0910. The Morgan fingerprint density at radius 3 is 2.70 bits per heavy atom. The minimum Gasteiger partial charge on any atom is -0.496 e. The second kappa shape index (κ2) is 7.09.